The fourth-order valence-electron chi connectivity index (χ4n) is 4.29. The summed E-state index contributed by atoms with van der Waals surface area (Å²) in [6.07, 6.45) is 12.5. The van der Waals surface area contributed by atoms with Gasteiger partial charge in [0.05, 0.1) is 11.6 Å². The summed E-state index contributed by atoms with van der Waals surface area (Å²) in [7, 11) is 0. The van der Waals surface area contributed by atoms with Gasteiger partial charge in [0, 0.05) is 17.1 Å². The number of benzene rings is 1. The van der Waals surface area contributed by atoms with Crippen molar-refractivity contribution >= 4 is 0 Å². The van der Waals surface area contributed by atoms with Crippen molar-refractivity contribution in [1.82, 2.24) is 0 Å². The number of pyridine rings is 1. The van der Waals surface area contributed by atoms with E-state index in [1.807, 2.05) is 6.07 Å². The van der Waals surface area contributed by atoms with E-state index in [2.05, 4.69) is 87.0 Å². The van der Waals surface area contributed by atoms with Gasteiger partial charge in [-0.25, -0.2) is 0 Å². The largest absolute Gasteiger partial charge is 0.300 e. The maximum absolute atomic E-state index is 3.31. The van der Waals surface area contributed by atoms with Gasteiger partial charge in [0.2, 0.25) is 0 Å². The van der Waals surface area contributed by atoms with Crippen LogP contribution in [0.4, 0.5) is 0 Å². The summed E-state index contributed by atoms with van der Waals surface area (Å²) in [6.45, 7) is 9.45. The zero-order chi connectivity index (χ0) is 17.7. The Bertz CT molecular complexity index is 887. The van der Waals surface area contributed by atoms with Crippen molar-refractivity contribution in [2.24, 2.45) is 0 Å². The molecule has 1 nitrogen and oxygen atoms in total. The predicted octanol–water partition coefficient (Wildman–Crippen LogP) is 5.28. The Morgan fingerprint density at radius 2 is 1.92 bits per heavy atom. The second-order valence-electron chi connectivity index (χ2n) is 8.34. The average Bonchev–Trinajstić information content (AvgIpc) is 2.61. The molecule has 0 spiro atoms. The van der Waals surface area contributed by atoms with Crippen molar-refractivity contribution < 1.29 is 21.6 Å². The summed E-state index contributed by atoms with van der Waals surface area (Å²) in [6, 6.07) is 14.4. The maximum atomic E-state index is 3.31. The molecule has 1 aliphatic heterocycles. The van der Waals surface area contributed by atoms with Crippen LogP contribution in [0.1, 0.15) is 51.7 Å². The summed E-state index contributed by atoms with van der Waals surface area (Å²) < 4.78 is 2.44. The molecule has 0 fully saturated rings. The number of hydrogen-bond donors (Lipinski definition) is 0. The standard InChI is InChI=1S/C24H27N.Fe/c1-23(2)20-14-10-13-19(17-18-11-6-5-7-12-18)22(20)21-15-8-9-16-25(21)24(23,3)4;/h6,9-16H,5,7,17H2,1-4H3;. The molecule has 0 unspecified atom stereocenters. The zero-order valence-electron chi connectivity index (χ0n) is 16.1. The van der Waals surface area contributed by atoms with Gasteiger partial charge >= 0.3 is 0 Å². The quantitative estimate of drug-likeness (QED) is 0.376. The van der Waals surface area contributed by atoms with E-state index in [0.717, 1.165) is 6.42 Å². The topological polar surface area (TPSA) is 3.88 Å². The van der Waals surface area contributed by atoms with Crippen LogP contribution >= 0.6 is 0 Å². The van der Waals surface area contributed by atoms with Crippen molar-refractivity contribution in [3.8, 4) is 11.3 Å². The number of hydrogen-bond acceptors (Lipinski definition) is 0. The third-order valence-electron chi connectivity index (χ3n) is 6.48. The van der Waals surface area contributed by atoms with Gasteiger partial charge in [-0.05, 0) is 69.2 Å². The van der Waals surface area contributed by atoms with Crippen LogP contribution in [0.5, 0.6) is 0 Å². The molecule has 0 saturated heterocycles. The SMILES string of the molecule is CC1(C)c2cccc(CC3=CCCC=C3)c2-c2c[c-]cc[n+]2C1(C)C.[Fe]. The Balaban J connectivity index is 0.00000196. The average molecular weight is 385 g/mol. The third kappa shape index (κ3) is 2.80. The number of rotatable bonds is 2. The Kier molecular flexibility index (Phi) is 5.03. The summed E-state index contributed by atoms with van der Waals surface area (Å²) in [5, 5.41) is 0. The molecule has 2 heteroatoms. The Labute approximate surface area is 168 Å². The molecule has 0 saturated carbocycles. The first-order valence-corrected chi connectivity index (χ1v) is 9.33. The van der Waals surface area contributed by atoms with Crippen molar-refractivity contribution in [2.75, 3.05) is 0 Å². The van der Waals surface area contributed by atoms with Crippen molar-refractivity contribution in [1.29, 1.82) is 0 Å². The van der Waals surface area contributed by atoms with E-state index >= 15 is 0 Å². The molecule has 1 aromatic heterocycles. The van der Waals surface area contributed by atoms with Crippen LogP contribution in [0.25, 0.3) is 11.3 Å². The molecule has 0 N–H and O–H groups in total. The maximum Gasteiger partial charge on any atom is 0.149 e. The second kappa shape index (κ2) is 6.83. The van der Waals surface area contributed by atoms with Crippen molar-refractivity contribution in [3.05, 3.63) is 77.5 Å². The van der Waals surface area contributed by atoms with E-state index < -0.39 is 0 Å². The Morgan fingerprint density at radius 1 is 1.12 bits per heavy atom. The van der Waals surface area contributed by atoms with Crippen LogP contribution in [-0.2, 0) is 34.4 Å². The first kappa shape index (κ1) is 19.1. The molecular weight excluding hydrogens is 358 g/mol. The second-order valence-corrected chi connectivity index (χ2v) is 8.34. The van der Waals surface area contributed by atoms with Crippen molar-refractivity contribution in [3.63, 3.8) is 0 Å². The van der Waals surface area contributed by atoms with Crippen LogP contribution in [-0.4, -0.2) is 0 Å². The predicted molar refractivity (Wildman–Crippen MR) is 103 cm³/mol. The van der Waals surface area contributed by atoms with Crippen LogP contribution in [0.15, 0.2) is 60.3 Å². The van der Waals surface area contributed by atoms with E-state index in [4.69, 9.17) is 0 Å². The van der Waals surface area contributed by atoms with Crippen LogP contribution in [0, 0.1) is 6.07 Å². The molecule has 1 aliphatic carbocycles. The summed E-state index contributed by atoms with van der Waals surface area (Å²) in [5.41, 5.74) is 7.07. The molecule has 0 amide bonds. The van der Waals surface area contributed by atoms with Crippen LogP contribution in [0.3, 0.4) is 0 Å². The molecule has 0 bridgehead atoms. The number of allylic oxidation sites excluding steroid dienone is 4. The smallest absolute Gasteiger partial charge is 0.149 e. The Hall–Kier alpha value is -1.63. The van der Waals surface area contributed by atoms with Gasteiger partial charge in [-0.3, -0.25) is 4.57 Å². The van der Waals surface area contributed by atoms with Gasteiger partial charge in [-0.15, -0.1) is 12.1 Å². The van der Waals surface area contributed by atoms with E-state index in [-0.39, 0.29) is 28.0 Å². The molecule has 26 heavy (non-hydrogen) atoms. The normalized spacial score (nSPS) is 19.0. The monoisotopic (exact) mass is 385 g/mol. The van der Waals surface area contributed by atoms with E-state index in [1.165, 1.54) is 40.8 Å². The Morgan fingerprint density at radius 3 is 2.65 bits per heavy atom. The molecule has 2 heterocycles. The van der Waals surface area contributed by atoms with Crippen LogP contribution in [0.2, 0.25) is 0 Å². The number of nitrogens with zero attached hydrogens (tertiary/aromatic N) is 1. The minimum Gasteiger partial charge on any atom is -0.300 e. The molecule has 0 atom stereocenters. The van der Waals surface area contributed by atoms with Gasteiger partial charge in [0.1, 0.15) is 11.2 Å². The van der Waals surface area contributed by atoms with Gasteiger partial charge in [-0.1, -0.05) is 36.4 Å². The summed E-state index contributed by atoms with van der Waals surface area (Å²) >= 11 is 0. The van der Waals surface area contributed by atoms with E-state index in [0.29, 0.717) is 0 Å². The molecule has 2 aromatic rings. The molecule has 2 aliphatic rings. The first-order chi connectivity index (χ1) is 11.9. The molecule has 136 valence electrons. The number of aromatic nitrogens is 1. The summed E-state index contributed by atoms with van der Waals surface area (Å²) in [5.74, 6) is 0. The van der Waals surface area contributed by atoms with E-state index in [1.54, 1.807) is 0 Å². The summed E-state index contributed by atoms with van der Waals surface area (Å²) in [4.78, 5) is 0. The minimum atomic E-state index is 0. The van der Waals surface area contributed by atoms with Gasteiger partial charge in [0.15, 0.2) is 0 Å². The van der Waals surface area contributed by atoms with Gasteiger partial charge < -0.3 is 0 Å². The third-order valence-corrected chi connectivity index (χ3v) is 6.48. The van der Waals surface area contributed by atoms with Gasteiger partial charge in [0.25, 0.3) is 0 Å². The van der Waals surface area contributed by atoms with Gasteiger partial charge in [-0.2, -0.15) is 6.07 Å². The zero-order valence-corrected chi connectivity index (χ0v) is 17.2. The fraction of sp³-hybridized carbons (Fsp3) is 0.375. The molecule has 1 aromatic carbocycles. The number of fused-ring (bicyclic) bond motifs is 3. The molecule has 0 radical (unpaired) electrons. The molecule has 4 rings (SSSR count). The van der Waals surface area contributed by atoms with Crippen molar-refractivity contribution in [2.45, 2.75) is 57.9 Å². The van der Waals surface area contributed by atoms with E-state index in [9.17, 15) is 0 Å². The molecular formula is C24H27FeN. The minimum absolute atomic E-state index is 0. The first-order valence-electron chi connectivity index (χ1n) is 9.33. The fourth-order valence-corrected chi connectivity index (χ4v) is 4.29. The van der Waals surface area contributed by atoms with Crippen LogP contribution < -0.4 is 4.57 Å².